The minimum Gasteiger partial charge on any atom is -0.477 e. The fourth-order valence-electron chi connectivity index (χ4n) is 1.68. The van der Waals surface area contributed by atoms with Crippen molar-refractivity contribution in [1.82, 2.24) is 9.55 Å². The zero-order chi connectivity index (χ0) is 13.1. The molecule has 0 amide bonds. The minimum absolute atomic E-state index is 0.0232. The molecule has 18 heavy (non-hydrogen) atoms. The Hall–Kier alpha value is -2.43. The van der Waals surface area contributed by atoms with E-state index >= 15 is 0 Å². The highest BCUT2D eigenvalue weighted by Gasteiger charge is 2.11. The number of hydrogen-bond acceptors (Lipinski definition) is 3. The van der Waals surface area contributed by atoms with Gasteiger partial charge < -0.3 is 9.67 Å². The van der Waals surface area contributed by atoms with E-state index in [1.807, 2.05) is 6.92 Å². The van der Waals surface area contributed by atoms with E-state index in [2.05, 4.69) is 4.98 Å². The lowest BCUT2D eigenvalue weighted by atomic mass is 10.2. The molecular formula is C13H12N2O3. The molecule has 0 aliphatic rings. The van der Waals surface area contributed by atoms with Gasteiger partial charge in [0.1, 0.15) is 0 Å². The predicted molar refractivity (Wildman–Crippen MR) is 65.7 cm³/mol. The number of aromatic carboxylic acids is 1. The molecule has 5 heteroatoms. The SMILES string of the molecule is Cc1ccn(Cc2cccnc2C(=O)O)c(=O)c1. The molecule has 5 nitrogen and oxygen atoms in total. The molecule has 0 atom stereocenters. The third-order valence-electron chi connectivity index (χ3n) is 2.59. The molecule has 0 aliphatic heterocycles. The van der Waals surface area contributed by atoms with Gasteiger partial charge in [-0.15, -0.1) is 0 Å². The van der Waals surface area contributed by atoms with Crippen molar-refractivity contribution in [3.05, 3.63) is 63.8 Å². The van der Waals surface area contributed by atoms with E-state index in [0.717, 1.165) is 5.56 Å². The van der Waals surface area contributed by atoms with E-state index in [1.165, 1.54) is 16.8 Å². The maximum absolute atomic E-state index is 11.7. The number of carbonyl (C=O) groups is 1. The van der Waals surface area contributed by atoms with Crippen LogP contribution >= 0.6 is 0 Å². The summed E-state index contributed by atoms with van der Waals surface area (Å²) in [7, 11) is 0. The molecule has 2 heterocycles. The fraction of sp³-hybridized carbons (Fsp3) is 0.154. The Kier molecular flexibility index (Phi) is 3.23. The lowest BCUT2D eigenvalue weighted by molar-refractivity contribution is 0.0689. The molecule has 0 aliphatic carbocycles. The lowest BCUT2D eigenvalue weighted by Crippen LogP contribution is -2.20. The van der Waals surface area contributed by atoms with Crippen molar-refractivity contribution in [3.63, 3.8) is 0 Å². The summed E-state index contributed by atoms with van der Waals surface area (Å²) in [5, 5.41) is 9.01. The van der Waals surface area contributed by atoms with Crippen molar-refractivity contribution >= 4 is 5.97 Å². The van der Waals surface area contributed by atoms with Crippen LogP contribution in [-0.4, -0.2) is 20.6 Å². The Morgan fingerprint density at radius 2 is 2.22 bits per heavy atom. The third-order valence-corrected chi connectivity index (χ3v) is 2.59. The Bertz CT molecular complexity index is 647. The van der Waals surface area contributed by atoms with E-state index in [0.29, 0.717) is 5.56 Å². The van der Waals surface area contributed by atoms with E-state index in [1.54, 1.807) is 24.4 Å². The van der Waals surface area contributed by atoms with Gasteiger partial charge >= 0.3 is 5.97 Å². The first-order valence-corrected chi connectivity index (χ1v) is 5.42. The fourth-order valence-corrected chi connectivity index (χ4v) is 1.68. The number of hydrogen-bond donors (Lipinski definition) is 1. The summed E-state index contributed by atoms with van der Waals surface area (Å²) in [5.74, 6) is -1.09. The minimum atomic E-state index is -1.09. The molecule has 92 valence electrons. The average molecular weight is 244 g/mol. The molecule has 0 saturated carbocycles. The van der Waals surface area contributed by atoms with Gasteiger partial charge in [-0.05, 0) is 24.6 Å². The highest BCUT2D eigenvalue weighted by atomic mass is 16.4. The summed E-state index contributed by atoms with van der Waals surface area (Å²) >= 11 is 0. The van der Waals surface area contributed by atoms with Crippen LogP contribution < -0.4 is 5.56 Å². The highest BCUT2D eigenvalue weighted by Crippen LogP contribution is 2.07. The topological polar surface area (TPSA) is 72.2 Å². The number of rotatable bonds is 3. The summed E-state index contributed by atoms with van der Waals surface area (Å²) in [6.07, 6.45) is 3.07. The molecule has 0 aromatic carbocycles. The Morgan fingerprint density at radius 1 is 1.44 bits per heavy atom. The van der Waals surface area contributed by atoms with Crippen LogP contribution in [0.5, 0.6) is 0 Å². The number of aryl methyl sites for hydroxylation is 1. The Labute approximate surface area is 103 Å². The van der Waals surface area contributed by atoms with Crippen LogP contribution in [0.2, 0.25) is 0 Å². The van der Waals surface area contributed by atoms with Crippen LogP contribution in [0.1, 0.15) is 21.6 Å². The smallest absolute Gasteiger partial charge is 0.354 e. The standard InChI is InChI=1S/C13H12N2O3/c1-9-4-6-15(11(16)7-9)8-10-3-2-5-14-12(10)13(17)18/h2-7H,8H2,1H3,(H,17,18). The van der Waals surface area contributed by atoms with E-state index in [4.69, 9.17) is 5.11 Å². The van der Waals surface area contributed by atoms with Crippen molar-refractivity contribution in [3.8, 4) is 0 Å². The van der Waals surface area contributed by atoms with Crippen LogP contribution in [0.3, 0.4) is 0 Å². The van der Waals surface area contributed by atoms with Crippen LogP contribution in [0, 0.1) is 6.92 Å². The van der Waals surface area contributed by atoms with Crippen LogP contribution in [0.15, 0.2) is 41.5 Å². The van der Waals surface area contributed by atoms with Crippen molar-refractivity contribution in [2.75, 3.05) is 0 Å². The summed E-state index contributed by atoms with van der Waals surface area (Å²) < 4.78 is 1.45. The maximum atomic E-state index is 11.7. The number of pyridine rings is 2. The van der Waals surface area contributed by atoms with Gasteiger partial charge in [0, 0.05) is 24.0 Å². The van der Waals surface area contributed by atoms with Crippen molar-refractivity contribution in [1.29, 1.82) is 0 Å². The summed E-state index contributed by atoms with van der Waals surface area (Å²) in [5.41, 5.74) is 1.21. The quantitative estimate of drug-likeness (QED) is 0.883. The predicted octanol–water partition coefficient (Wildman–Crippen LogP) is 1.30. The monoisotopic (exact) mass is 244 g/mol. The zero-order valence-electron chi connectivity index (χ0n) is 9.83. The highest BCUT2D eigenvalue weighted by molar-refractivity contribution is 5.86. The molecular weight excluding hydrogens is 232 g/mol. The zero-order valence-corrected chi connectivity index (χ0v) is 9.83. The van der Waals surface area contributed by atoms with Gasteiger partial charge in [-0.1, -0.05) is 6.07 Å². The van der Waals surface area contributed by atoms with E-state index in [9.17, 15) is 9.59 Å². The van der Waals surface area contributed by atoms with E-state index in [-0.39, 0.29) is 17.8 Å². The molecule has 2 aromatic rings. The van der Waals surface area contributed by atoms with Gasteiger partial charge in [0.15, 0.2) is 5.69 Å². The van der Waals surface area contributed by atoms with Gasteiger partial charge in [0.05, 0.1) is 6.54 Å². The second-order valence-corrected chi connectivity index (χ2v) is 3.99. The summed E-state index contributed by atoms with van der Waals surface area (Å²) in [6.45, 7) is 2.03. The van der Waals surface area contributed by atoms with Crippen LogP contribution in [-0.2, 0) is 6.54 Å². The molecule has 2 aromatic heterocycles. The van der Waals surface area contributed by atoms with Gasteiger partial charge in [0.25, 0.3) is 5.56 Å². The average Bonchev–Trinajstić information content (AvgIpc) is 2.33. The lowest BCUT2D eigenvalue weighted by Gasteiger charge is -2.07. The molecule has 0 fully saturated rings. The Balaban J connectivity index is 2.40. The number of nitrogens with zero attached hydrogens (tertiary/aromatic N) is 2. The van der Waals surface area contributed by atoms with Crippen LogP contribution in [0.25, 0.3) is 0 Å². The van der Waals surface area contributed by atoms with Gasteiger partial charge in [0.2, 0.25) is 0 Å². The van der Waals surface area contributed by atoms with Crippen LogP contribution in [0.4, 0.5) is 0 Å². The number of carboxylic acids is 1. The van der Waals surface area contributed by atoms with Gasteiger partial charge in [-0.2, -0.15) is 0 Å². The van der Waals surface area contributed by atoms with Crippen molar-refractivity contribution in [2.24, 2.45) is 0 Å². The normalized spacial score (nSPS) is 10.3. The first kappa shape index (κ1) is 12.0. The Morgan fingerprint density at radius 3 is 2.89 bits per heavy atom. The van der Waals surface area contributed by atoms with E-state index < -0.39 is 5.97 Å². The molecule has 0 unspecified atom stereocenters. The first-order chi connectivity index (χ1) is 8.58. The number of aromatic nitrogens is 2. The third kappa shape index (κ3) is 2.45. The van der Waals surface area contributed by atoms with Crippen molar-refractivity contribution in [2.45, 2.75) is 13.5 Å². The second kappa shape index (κ2) is 4.83. The number of carboxylic acid groups (broad SMARTS) is 1. The summed E-state index contributed by atoms with van der Waals surface area (Å²) in [6, 6.07) is 6.62. The van der Waals surface area contributed by atoms with Gasteiger partial charge in [-0.25, -0.2) is 9.78 Å². The molecule has 1 N–H and O–H groups in total. The summed E-state index contributed by atoms with van der Waals surface area (Å²) in [4.78, 5) is 26.5. The molecule has 0 bridgehead atoms. The molecule has 0 spiro atoms. The van der Waals surface area contributed by atoms with Crippen molar-refractivity contribution < 1.29 is 9.90 Å². The second-order valence-electron chi connectivity index (χ2n) is 3.99. The first-order valence-electron chi connectivity index (χ1n) is 5.42. The molecule has 0 saturated heterocycles. The molecule has 2 rings (SSSR count). The maximum Gasteiger partial charge on any atom is 0.354 e. The largest absolute Gasteiger partial charge is 0.477 e. The molecule has 0 radical (unpaired) electrons. The van der Waals surface area contributed by atoms with Gasteiger partial charge in [-0.3, -0.25) is 4.79 Å².